The third-order valence-corrected chi connectivity index (χ3v) is 8.02. The molecule has 6 rings (SSSR count). The largest absolute Gasteiger partial charge is 0.454 e. The Kier molecular flexibility index (Phi) is 6.91. The highest BCUT2D eigenvalue weighted by molar-refractivity contribution is 7.22. The van der Waals surface area contributed by atoms with Crippen LogP contribution in [0.25, 0.3) is 10.2 Å². The van der Waals surface area contributed by atoms with E-state index in [9.17, 15) is 4.79 Å². The van der Waals surface area contributed by atoms with E-state index in [1.807, 2.05) is 24.3 Å². The van der Waals surface area contributed by atoms with E-state index >= 15 is 0 Å². The van der Waals surface area contributed by atoms with Gasteiger partial charge in [0.15, 0.2) is 16.6 Å². The highest BCUT2D eigenvalue weighted by Crippen LogP contribution is 2.33. The zero-order valence-electron chi connectivity index (χ0n) is 20.3. The number of fused-ring (bicyclic) bond motifs is 2. The number of nitrogens with zero attached hydrogens (tertiary/aromatic N) is 4. The molecule has 3 aromatic rings. The van der Waals surface area contributed by atoms with E-state index in [2.05, 4.69) is 32.1 Å². The SMILES string of the molecule is O=C(NCCN1CCOCC1)c1ccc2nc(N3CCN(Cc4ccc5c(c4)OCO5)CC3)sc2c1. The second-order valence-electron chi connectivity index (χ2n) is 9.34. The first-order valence-electron chi connectivity index (χ1n) is 12.6. The highest BCUT2D eigenvalue weighted by atomic mass is 32.1. The average Bonchev–Trinajstić information content (AvgIpc) is 3.56. The standard InChI is InChI=1S/C26H31N5O4S/c32-25(27-5-6-29-11-13-33-14-12-29)20-2-3-21-24(16-20)36-26(28-21)31-9-7-30(8-10-31)17-19-1-4-22-23(15-19)35-18-34-22/h1-4,15-16H,5-14,17-18H2,(H,27,32). The van der Waals surface area contributed by atoms with Gasteiger partial charge in [0.2, 0.25) is 6.79 Å². The molecule has 1 N–H and O–H groups in total. The molecule has 10 heteroatoms. The number of thiazole rings is 1. The molecule has 36 heavy (non-hydrogen) atoms. The molecule has 2 aromatic carbocycles. The van der Waals surface area contributed by atoms with Crippen LogP contribution in [0.1, 0.15) is 15.9 Å². The van der Waals surface area contributed by atoms with E-state index in [0.29, 0.717) is 18.9 Å². The molecule has 190 valence electrons. The van der Waals surface area contributed by atoms with E-state index < -0.39 is 0 Å². The molecule has 1 amide bonds. The van der Waals surface area contributed by atoms with Crippen molar-refractivity contribution in [2.24, 2.45) is 0 Å². The molecule has 2 fully saturated rings. The number of piperazine rings is 1. The lowest BCUT2D eigenvalue weighted by atomic mass is 10.1. The van der Waals surface area contributed by atoms with Gasteiger partial charge in [-0.15, -0.1) is 0 Å². The summed E-state index contributed by atoms with van der Waals surface area (Å²) in [5.41, 5.74) is 2.87. The number of nitrogens with one attached hydrogen (secondary N) is 1. The summed E-state index contributed by atoms with van der Waals surface area (Å²) in [4.78, 5) is 24.7. The van der Waals surface area contributed by atoms with Crippen LogP contribution in [0.3, 0.4) is 0 Å². The van der Waals surface area contributed by atoms with Crippen molar-refractivity contribution in [2.75, 3.05) is 77.3 Å². The quantitative estimate of drug-likeness (QED) is 0.520. The maximum absolute atomic E-state index is 12.7. The predicted octanol–water partition coefficient (Wildman–Crippen LogP) is 2.41. The fraction of sp³-hybridized carbons (Fsp3) is 0.462. The zero-order valence-corrected chi connectivity index (χ0v) is 21.1. The van der Waals surface area contributed by atoms with Crippen molar-refractivity contribution < 1.29 is 19.0 Å². The fourth-order valence-electron chi connectivity index (χ4n) is 4.84. The number of ether oxygens (including phenoxy) is 3. The monoisotopic (exact) mass is 509 g/mol. The van der Waals surface area contributed by atoms with Crippen LogP contribution in [0.5, 0.6) is 11.5 Å². The van der Waals surface area contributed by atoms with Crippen LogP contribution in [0.2, 0.25) is 0 Å². The molecule has 3 aliphatic heterocycles. The molecule has 0 spiro atoms. The summed E-state index contributed by atoms with van der Waals surface area (Å²) >= 11 is 1.66. The van der Waals surface area contributed by atoms with Gasteiger partial charge in [0.05, 0.1) is 23.4 Å². The van der Waals surface area contributed by atoms with Crippen molar-refractivity contribution in [3.63, 3.8) is 0 Å². The Balaban J connectivity index is 1.02. The number of aromatic nitrogens is 1. The molecule has 9 nitrogen and oxygen atoms in total. The predicted molar refractivity (Wildman–Crippen MR) is 139 cm³/mol. The Labute approximate surface area is 214 Å². The summed E-state index contributed by atoms with van der Waals surface area (Å²) in [5.74, 6) is 1.64. The third-order valence-electron chi connectivity index (χ3n) is 6.94. The molecule has 4 heterocycles. The number of hydrogen-bond acceptors (Lipinski definition) is 9. The molecule has 0 atom stereocenters. The van der Waals surface area contributed by atoms with Gasteiger partial charge in [0.1, 0.15) is 0 Å². The second-order valence-corrected chi connectivity index (χ2v) is 10.3. The highest BCUT2D eigenvalue weighted by Gasteiger charge is 2.21. The normalized spacial score (nSPS) is 18.6. The number of morpholine rings is 1. The topological polar surface area (TPSA) is 79.4 Å². The fourth-order valence-corrected chi connectivity index (χ4v) is 5.89. The summed E-state index contributed by atoms with van der Waals surface area (Å²) < 4.78 is 17.4. The molecule has 0 saturated carbocycles. The van der Waals surface area contributed by atoms with E-state index in [1.165, 1.54) is 5.56 Å². The van der Waals surface area contributed by atoms with Crippen LogP contribution in [0, 0.1) is 0 Å². The number of carbonyl (C=O) groups is 1. The van der Waals surface area contributed by atoms with E-state index in [0.717, 1.165) is 92.4 Å². The summed E-state index contributed by atoms with van der Waals surface area (Å²) in [5, 5.41) is 4.08. The molecule has 1 aromatic heterocycles. The lowest BCUT2D eigenvalue weighted by Crippen LogP contribution is -2.45. The van der Waals surface area contributed by atoms with Gasteiger partial charge in [-0.2, -0.15) is 0 Å². The maximum Gasteiger partial charge on any atom is 0.251 e. The first-order valence-corrected chi connectivity index (χ1v) is 13.4. The van der Waals surface area contributed by atoms with E-state index in [-0.39, 0.29) is 5.91 Å². The van der Waals surface area contributed by atoms with Crippen LogP contribution in [0.15, 0.2) is 36.4 Å². The summed E-state index contributed by atoms with van der Waals surface area (Å²) in [6.45, 7) is 9.90. The van der Waals surface area contributed by atoms with Crippen LogP contribution in [-0.4, -0.2) is 93.1 Å². The number of amides is 1. The van der Waals surface area contributed by atoms with Crippen LogP contribution >= 0.6 is 11.3 Å². The number of benzene rings is 2. The Morgan fingerprint density at radius 1 is 0.944 bits per heavy atom. The average molecular weight is 510 g/mol. The molecule has 0 bridgehead atoms. The van der Waals surface area contributed by atoms with Crippen LogP contribution < -0.4 is 19.7 Å². The first-order chi connectivity index (χ1) is 17.7. The molecule has 2 saturated heterocycles. The molecular formula is C26H31N5O4S. The van der Waals surface area contributed by atoms with E-state index in [4.69, 9.17) is 19.2 Å². The molecule has 0 unspecified atom stereocenters. The minimum atomic E-state index is -0.0303. The molecule has 3 aliphatic rings. The number of anilines is 1. The van der Waals surface area contributed by atoms with Gasteiger partial charge < -0.3 is 24.4 Å². The Morgan fingerprint density at radius 2 is 1.78 bits per heavy atom. The first kappa shape index (κ1) is 23.5. The van der Waals surface area contributed by atoms with Crippen molar-refractivity contribution in [3.05, 3.63) is 47.5 Å². The van der Waals surface area contributed by atoms with Gasteiger partial charge in [-0.3, -0.25) is 14.6 Å². The maximum atomic E-state index is 12.7. The van der Waals surface area contributed by atoms with Gasteiger partial charge in [-0.25, -0.2) is 4.98 Å². The van der Waals surface area contributed by atoms with Gasteiger partial charge in [0.25, 0.3) is 5.91 Å². The van der Waals surface area contributed by atoms with Crippen LogP contribution in [0.4, 0.5) is 5.13 Å². The summed E-state index contributed by atoms with van der Waals surface area (Å²) in [6, 6.07) is 12.0. The van der Waals surface area contributed by atoms with Gasteiger partial charge in [0, 0.05) is 64.5 Å². The number of hydrogen-bond donors (Lipinski definition) is 1. The minimum absolute atomic E-state index is 0.0303. The Bertz CT molecular complexity index is 1220. The summed E-state index contributed by atoms with van der Waals surface area (Å²) in [6.07, 6.45) is 0. The minimum Gasteiger partial charge on any atom is -0.454 e. The lowest BCUT2D eigenvalue weighted by Gasteiger charge is -2.34. The Morgan fingerprint density at radius 3 is 2.64 bits per heavy atom. The number of rotatable bonds is 7. The van der Waals surface area contributed by atoms with Crippen molar-refractivity contribution in [1.29, 1.82) is 0 Å². The molecule has 0 radical (unpaired) electrons. The summed E-state index contributed by atoms with van der Waals surface area (Å²) in [7, 11) is 0. The lowest BCUT2D eigenvalue weighted by molar-refractivity contribution is 0.0383. The van der Waals surface area contributed by atoms with Crippen molar-refractivity contribution in [3.8, 4) is 11.5 Å². The zero-order chi connectivity index (χ0) is 24.3. The Hall–Kier alpha value is -2.92. The van der Waals surface area contributed by atoms with Gasteiger partial charge in [-0.1, -0.05) is 17.4 Å². The van der Waals surface area contributed by atoms with Gasteiger partial charge in [-0.05, 0) is 35.9 Å². The van der Waals surface area contributed by atoms with E-state index in [1.54, 1.807) is 11.3 Å². The van der Waals surface area contributed by atoms with Crippen molar-refractivity contribution >= 4 is 32.6 Å². The second kappa shape index (κ2) is 10.6. The van der Waals surface area contributed by atoms with Gasteiger partial charge >= 0.3 is 0 Å². The van der Waals surface area contributed by atoms with Crippen molar-refractivity contribution in [1.82, 2.24) is 20.1 Å². The smallest absolute Gasteiger partial charge is 0.251 e. The van der Waals surface area contributed by atoms with Crippen molar-refractivity contribution in [2.45, 2.75) is 6.54 Å². The molecular weight excluding hydrogens is 478 g/mol. The van der Waals surface area contributed by atoms with Crippen LogP contribution in [-0.2, 0) is 11.3 Å². The molecule has 0 aliphatic carbocycles. The number of carbonyl (C=O) groups excluding carboxylic acids is 1. The third kappa shape index (κ3) is 5.27.